The third-order valence-electron chi connectivity index (χ3n) is 3.94. The Labute approximate surface area is 138 Å². The third-order valence-corrected chi connectivity index (χ3v) is 5.84. The molecule has 9 nitrogen and oxygen atoms in total. The predicted molar refractivity (Wildman–Crippen MR) is 84.0 cm³/mol. The molecule has 1 atom stereocenters. The molecule has 0 N–H and O–H groups in total. The van der Waals surface area contributed by atoms with E-state index in [9.17, 15) is 17.6 Å². The third kappa shape index (κ3) is 2.84. The number of aryl methyl sites for hydroxylation is 1. The lowest BCUT2D eigenvalue weighted by molar-refractivity contribution is -0.120. The number of carbonyl (C=O) groups is 1. The van der Waals surface area contributed by atoms with Gasteiger partial charge in [-0.3, -0.25) is 4.79 Å². The standard InChI is InChI=1S/C13H17FN6O3S/c1-9-10(14)11(21)17-12(16-9)19-5-7-20(8-6-19)24(22,23)13-15-3-4-18(13)2/h3-4,10H,5-8H2,1-2H3. The second-order valence-corrected chi connectivity index (χ2v) is 7.41. The smallest absolute Gasteiger partial charge is 0.289 e. The highest BCUT2D eigenvalue weighted by Gasteiger charge is 2.34. The van der Waals surface area contributed by atoms with Gasteiger partial charge in [0.1, 0.15) is 0 Å². The first-order valence-corrected chi connectivity index (χ1v) is 8.79. The number of aromatic nitrogens is 2. The van der Waals surface area contributed by atoms with Crippen LogP contribution in [0.2, 0.25) is 0 Å². The molecule has 0 spiro atoms. The molecule has 2 aliphatic rings. The number of hydrogen-bond donors (Lipinski definition) is 0. The molecule has 130 valence electrons. The van der Waals surface area contributed by atoms with E-state index in [4.69, 9.17) is 0 Å². The van der Waals surface area contributed by atoms with Gasteiger partial charge in [-0.25, -0.2) is 22.8 Å². The van der Waals surface area contributed by atoms with Crippen LogP contribution >= 0.6 is 0 Å². The molecule has 2 aliphatic heterocycles. The SMILES string of the molecule is CC1=NC(N2CCN(S(=O)(=O)c3nccn3C)CC2)=NC(=O)C1F. The number of carbonyl (C=O) groups excluding carboxylic acids is 1. The van der Waals surface area contributed by atoms with E-state index in [0.717, 1.165) is 0 Å². The summed E-state index contributed by atoms with van der Waals surface area (Å²) in [7, 11) is -2.06. The molecule has 0 aromatic carbocycles. The van der Waals surface area contributed by atoms with Crippen molar-refractivity contribution >= 4 is 27.6 Å². The van der Waals surface area contributed by atoms with Gasteiger partial charge in [0, 0.05) is 45.6 Å². The zero-order valence-corrected chi connectivity index (χ0v) is 14.1. The van der Waals surface area contributed by atoms with Crippen molar-refractivity contribution in [1.29, 1.82) is 0 Å². The minimum absolute atomic E-state index is 0.0183. The van der Waals surface area contributed by atoms with E-state index < -0.39 is 22.1 Å². The van der Waals surface area contributed by atoms with Gasteiger partial charge in [-0.1, -0.05) is 0 Å². The van der Waals surface area contributed by atoms with Crippen LogP contribution in [0, 0.1) is 0 Å². The molecule has 1 saturated heterocycles. The number of halogens is 1. The summed E-state index contributed by atoms with van der Waals surface area (Å²) in [6.45, 7) is 2.46. The summed E-state index contributed by atoms with van der Waals surface area (Å²) in [5.41, 5.74) is 0.0630. The zero-order valence-electron chi connectivity index (χ0n) is 13.3. The predicted octanol–water partition coefficient (Wildman–Crippen LogP) is -0.578. The average molecular weight is 356 g/mol. The number of rotatable bonds is 2. The summed E-state index contributed by atoms with van der Waals surface area (Å²) in [4.78, 5) is 24.7. The highest BCUT2D eigenvalue weighted by molar-refractivity contribution is 7.89. The molecule has 1 amide bonds. The molecule has 3 heterocycles. The second kappa shape index (κ2) is 6.06. The van der Waals surface area contributed by atoms with Gasteiger partial charge in [0.25, 0.3) is 15.9 Å². The van der Waals surface area contributed by atoms with Gasteiger partial charge in [-0.15, -0.1) is 0 Å². The molecule has 0 radical (unpaired) electrons. The lowest BCUT2D eigenvalue weighted by Gasteiger charge is -2.34. The largest absolute Gasteiger partial charge is 0.338 e. The van der Waals surface area contributed by atoms with Crippen LogP contribution in [0.25, 0.3) is 0 Å². The van der Waals surface area contributed by atoms with Gasteiger partial charge >= 0.3 is 0 Å². The maximum absolute atomic E-state index is 13.4. The Morgan fingerprint density at radius 2 is 1.88 bits per heavy atom. The highest BCUT2D eigenvalue weighted by atomic mass is 32.2. The quantitative estimate of drug-likeness (QED) is 0.706. The van der Waals surface area contributed by atoms with Crippen molar-refractivity contribution in [3.8, 4) is 0 Å². The number of aliphatic imine (C=N–C) groups is 2. The molecular formula is C13H17FN6O3S. The number of hydrogen-bond acceptors (Lipinski definition) is 6. The Morgan fingerprint density at radius 3 is 2.42 bits per heavy atom. The van der Waals surface area contributed by atoms with Crippen molar-refractivity contribution in [1.82, 2.24) is 18.8 Å². The summed E-state index contributed by atoms with van der Waals surface area (Å²) in [5, 5.41) is -0.0183. The van der Waals surface area contributed by atoms with E-state index in [0.29, 0.717) is 13.1 Å². The number of sulfonamides is 1. The van der Waals surface area contributed by atoms with Crippen molar-refractivity contribution in [2.24, 2.45) is 17.0 Å². The fourth-order valence-corrected chi connectivity index (χ4v) is 4.05. The van der Waals surface area contributed by atoms with Crippen molar-refractivity contribution in [2.45, 2.75) is 18.3 Å². The van der Waals surface area contributed by atoms with Crippen LogP contribution < -0.4 is 0 Å². The molecule has 3 rings (SSSR count). The molecule has 0 saturated carbocycles. The number of amides is 1. The molecule has 1 fully saturated rings. The fraction of sp³-hybridized carbons (Fsp3) is 0.538. The molecule has 0 bridgehead atoms. The summed E-state index contributed by atoms with van der Waals surface area (Å²) in [6.07, 6.45) is 1.20. The molecule has 1 unspecified atom stereocenters. The van der Waals surface area contributed by atoms with Crippen molar-refractivity contribution < 1.29 is 17.6 Å². The van der Waals surface area contributed by atoms with E-state index in [1.54, 1.807) is 18.1 Å². The molecule has 0 aliphatic carbocycles. The summed E-state index contributed by atoms with van der Waals surface area (Å²) in [5.74, 6) is -0.735. The van der Waals surface area contributed by atoms with Gasteiger partial charge in [-0.2, -0.15) is 9.30 Å². The minimum Gasteiger partial charge on any atom is -0.338 e. The molecule has 1 aromatic rings. The first kappa shape index (κ1) is 16.7. The first-order valence-electron chi connectivity index (χ1n) is 7.35. The zero-order chi connectivity index (χ0) is 17.5. The maximum Gasteiger partial charge on any atom is 0.289 e. The van der Waals surface area contributed by atoms with Gasteiger partial charge in [0.15, 0.2) is 0 Å². The summed E-state index contributed by atoms with van der Waals surface area (Å²) >= 11 is 0. The number of imidazole rings is 1. The van der Waals surface area contributed by atoms with Gasteiger partial charge < -0.3 is 9.47 Å². The van der Waals surface area contributed by atoms with Gasteiger partial charge in [-0.05, 0) is 6.92 Å². The minimum atomic E-state index is -3.68. The van der Waals surface area contributed by atoms with E-state index in [-0.39, 0.29) is 29.9 Å². The Bertz CT molecular complexity index is 823. The normalized spacial score (nSPS) is 23.2. The Kier molecular flexibility index (Phi) is 4.22. The number of guanidine groups is 1. The molecule has 1 aromatic heterocycles. The van der Waals surface area contributed by atoms with Crippen molar-refractivity contribution in [3.05, 3.63) is 12.4 Å². The van der Waals surface area contributed by atoms with Crippen molar-refractivity contribution in [3.63, 3.8) is 0 Å². The molecule has 24 heavy (non-hydrogen) atoms. The number of nitrogens with zero attached hydrogens (tertiary/aromatic N) is 6. The molecule has 11 heteroatoms. The van der Waals surface area contributed by atoms with Crippen LogP contribution in [0.3, 0.4) is 0 Å². The van der Waals surface area contributed by atoms with Crippen LogP contribution in [0.5, 0.6) is 0 Å². The van der Waals surface area contributed by atoms with Crippen LogP contribution in [0.15, 0.2) is 27.5 Å². The summed E-state index contributed by atoms with van der Waals surface area (Å²) < 4.78 is 41.3. The van der Waals surface area contributed by atoms with E-state index in [1.807, 2.05) is 0 Å². The number of piperazine rings is 1. The van der Waals surface area contributed by atoms with E-state index >= 15 is 0 Å². The lowest BCUT2D eigenvalue weighted by atomic mass is 10.2. The topological polar surface area (TPSA) is 100 Å². The fourth-order valence-electron chi connectivity index (χ4n) is 2.56. The number of alkyl halides is 1. The Morgan fingerprint density at radius 1 is 1.21 bits per heavy atom. The van der Waals surface area contributed by atoms with E-state index in [1.165, 1.54) is 22.0 Å². The van der Waals surface area contributed by atoms with Gasteiger partial charge in [0.05, 0.1) is 5.71 Å². The van der Waals surface area contributed by atoms with E-state index in [2.05, 4.69) is 15.0 Å². The Balaban J connectivity index is 1.72. The monoisotopic (exact) mass is 356 g/mol. The first-order chi connectivity index (χ1) is 11.3. The lowest BCUT2D eigenvalue weighted by Crippen LogP contribution is -2.51. The summed E-state index contributed by atoms with van der Waals surface area (Å²) in [6, 6.07) is 0. The Hall–Kier alpha value is -2.14. The average Bonchev–Trinajstić information content (AvgIpc) is 2.99. The van der Waals surface area contributed by atoms with Gasteiger partial charge in [0.2, 0.25) is 17.3 Å². The van der Waals surface area contributed by atoms with Crippen LogP contribution in [0.4, 0.5) is 4.39 Å². The van der Waals surface area contributed by atoms with Crippen LogP contribution in [-0.2, 0) is 21.9 Å². The van der Waals surface area contributed by atoms with Crippen LogP contribution in [0.1, 0.15) is 6.92 Å². The maximum atomic E-state index is 13.4. The highest BCUT2D eigenvalue weighted by Crippen LogP contribution is 2.17. The van der Waals surface area contributed by atoms with Crippen LogP contribution in [-0.4, -0.2) is 77.1 Å². The second-order valence-electron chi connectivity index (χ2n) is 5.58. The molecular weight excluding hydrogens is 339 g/mol. The van der Waals surface area contributed by atoms with Crippen molar-refractivity contribution in [2.75, 3.05) is 26.2 Å².